The van der Waals surface area contributed by atoms with Gasteiger partial charge < -0.3 is 4.90 Å². The summed E-state index contributed by atoms with van der Waals surface area (Å²) in [4.78, 5) is 2.27. The van der Waals surface area contributed by atoms with Crippen molar-refractivity contribution in [3.05, 3.63) is 179 Å². The van der Waals surface area contributed by atoms with Gasteiger partial charge in [-0.15, -0.1) is 0 Å². The van der Waals surface area contributed by atoms with Crippen molar-refractivity contribution in [1.82, 2.24) is 4.72 Å². The van der Waals surface area contributed by atoms with E-state index in [1.807, 2.05) is 73.6 Å². The van der Waals surface area contributed by atoms with Crippen molar-refractivity contribution < 1.29 is 8.42 Å². The number of fused-ring (bicyclic) bond motifs is 1. The Bertz CT molecular complexity index is 1980. The summed E-state index contributed by atoms with van der Waals surface area (Å²) in [6.45, 7) is 0.182. The maximum absolute atomic E-state index is 13.5. The number of benzene rings is 6. The van der Waals surface area contributed by atoms with Gasteiger partial charge in [-0.3, -0.25) is 0 Å². The zero-order chi connectivity index (χ0) is 30.5. The molecule has 6 rings (SSSR count). The number of anilines is 1. The van der Waals surface area contributed by atoms with Crippen molar-refractivity contribution in [3.8, 4) is 0 Å². The third-order valence-electron chi connectivity index (χ3n) is 7.78. The molecule has 6 aromatic rings. The van der Waals surface area contributed by atoms with Crippen LogP contribution < -0.4 is 9.62 Å². The Morgan fingerprint density at radius 3 is 1.48 bits per heavy atom. The third kappa shape index (κ3) is 6.06. The van der Waals surface area contributed by atoms with Crippen molar-refractivity contribution in [2.45, 2.75) is 11.4 Å². The molecule has 0 atom stereocenters. The summed E-state index contributed by atoms with van der Waals surface area (Å²) >= 11 is 0. The molecule has 0 aliphatic carbocycles. The highest BCUT2D eigenvalue weighted by Crippen LogP contribution is 2.37. The van der Waals surface area contributed by atoms with Crippen LogP contribution in [0.25, 0.3) is 21.9 Å². The molecule has 5 heteroatoms. The third-order valence-corrected chi connectivity index (χ3v) is 9.24. The predicted molar refractivity (Wildman–Crippen MR) is 183 cm³/mol. The molecule has 0 heterocycles. The Kier molecular flexibility index (Phi) is 8.42. The number of rotatable bonds is 9. The molecule has 0 unspecified atom stereocenters. The summed E-state index contributed by atoms with van der Waals surface area (Å²) < 4.78 is 29.9. The summed E-state index contributed by atoms with van der Waals surface area (Å²) in [5, 5.41) is 1.60. The first-order valence-corrected chi connectivity index (χ1v) is 16.1. The van der Waals surface area contributed by atoms with Crippen molar-refractivity contribution in [1.29, 1.82) is 0 Å². The molecule has 0 saturated heterocycles. The maximum Gasteiger partial charge on any atom is 0.241 e. The molecular formula is C39H34N2O2S. The molecule has 0 spiro atoms. The number of nitrogens with zero attached hydrogens (tertiary/aromatic N) is 1. The first-order chi connectivity index (χ1) is 21.4. The monoisotopic (exact) mass is 594 g/mol. The van der Waals surface area contributed by atoms with Crippen LogP contribution in [-0.2, 0) is 16.6 Å². The Labute approximate surface area is 260 Å². The van der Waals surface area contributed by atoms with Crippen molar-refractivity contribution in [2.75, 3.05) is 19.0 Å². The Morgan fingerprint density at radius 1 is 0.523 bits per heavy atom. The quantitative estimate of drug-likeness (QED) is 0.171. The molecule has 0 aliphatic heterocycles. The molecule has 6 aromatic carbocycles. The van der Waals surface area contributed by atoms with E-state index >= 15 is 0 Å². The van der Waals surface area contributed by atoms with Gasteiger partial charge in [0.15, 0.2) is 0 Å². The summed E-state index contributed by atoms with van der Waals surface area (Å²) in [5.41, 5.74) is 8.51. The molecule has 44 heavy (non-hydrogen) atoms. The number of sulfonamides is 1. The average molecular weight is 595 g/mol. The number of nitrogens with one attached hydrogen (secondary N) is 1. The minimum absolute atomic E-state index is 0.182. The van der Waals surface area contributed by atoms with Crippen molar-refractivity contribution in [3.63, 3.8) is 0 Å². The van der Waals surface area contributed by atoms with E-state index in [9.17, 15) is 8.42 Å². The van der Waals surface area contributed by atoms with E-state index in [0.29, 0.717) is 5.39 Å². The molecular weight excluding hydrogens is 561 g/mol. The Morgan fingerprint density at radius 2 is 0.977 bits per heavy atom. The first kappa shape index (κ1) is 29.1. The minimum atomic E-state index is -3.76. The van der Waals surface area contributed by atoms with Crippen LogP contribution in [-0.4, -0.2) is 22.5 Å². The Hall–Kier alpha value is -4.97. The fourth-order valence-electron chi connectivity index (χ4n) is 5.66. The normalized spacial score (nSPS) is 11.3. The van der Waals surface area contributed by atoms with E-state index in [2.05, 4.69) is 89.7 Å². The van der Waals surface area contributed by atoms with E-state index in [4.69, 9.17) is 0 Å². The molecule has 0 saturated carbocycles. The molecule has 4 nitrogen and oxygen atoms in total. The standard InChI is InChI=1S/C39H34N2O2S/c1-41(2)36-22-12-21-35-34(36)20-13-23-37(35)44(42,43)40-28-29-24-26-33(27-25-29)39(32-18-10-5-11-19-32)38(30-14-6-3-7-15-30)31-16-8-4-9-17-31/h3-27,40H,28H2,1-2H3. The van der Waals surface area contributed by atoms with Crippen molar-refractivity contribution in [2.24, 2.45) is 0 Å². The van der Waals surface area contributed by atoms with Gasteiger partial charge in [-0.05, 0) is 51.1 Å². The van der Waals surface area contributed by atoms with Crippen LogP contribution in [0.3, 0.4) is 0 Å². The fraction of sp³-hybridized carbons (Fsp3) is 0.0769. The van der Waals surface area contributed by atoms with Crippen LogP contribution in [0.5, 0.6) is 0 Å². The summed E-state index contributed by atoms with van der Waals surface area (Å²) in [7, 11) is 0.154. The molecule has 0 fully saturated rings. The lowest BCUT2D eigenvalue weighted by Gasteiger charge is -2.18. The molecule has 0 aliphatic rings. The number of hydrogen-bond acceptors (Lipinski definition) is 3. The molecule has 0 radical (unpaired) electrons. The summed E-state index contributed by atoms with van der Waals surface area (Å²) in [5.74, 6) is 0. The van der Waals surface area contributed by atoms with Crippen LogP contribution in [0, 0.1) is 0 Å². The second kappa shape index (κ2) is 12.7. The zero-order valence-electron chi connectivity index (χ0n) is 24.8. The van der Waals surface area contributed by atoms with Gasteiger partial charge in [0.2, 0.25) is 10.0 Å². The largest absolute Gasteiger partial charge is 0.377 e. The zero-order valence-corrected chi connectivity index (χ0v) is 25.6. The van der Waals surface area contributed by atoms with E-state index in [1.54, 1.807) is 12.1 Å². The van der Waals surface area contributed by atoms with Gasteiger partial charge >= 0.3 is 0 Å². The van der Waals surface area contributed by atoms with Crippen LogP contribution in [0.1, 0.15) is 27.8 Å². The smallest absolute Gasteiger partial charge is 0.241 e. The van der Waals surface area contributed by atoms with Crippen LogP contribution >= 0.6 is 0 Å². The lowest BCUT2D eigenvalue weighted by molar-refractivity contribution is 0.582. The van der Waals surface area contributed by atoms with Crippen LogP contribution in [0.15, 0.2) is 157 Å². The highest BCUT2D eigenvalue weighted by Gasteiger charge is 2.19. The lowest BCUT2D eigenvalue weighted by atomic mass is 9.85. The first-order valence-electron chi connectivity index (χ1n) is 14.6. The molecule has 1 N–H and O–H groups in total. The van der Waals surface area contributed by atoms with E-state index in [0.717, 1.165) is 50.0 Å². The highest BCUT2D eigenvalue weighted by atomic mass is 32.2. The van der Waals surface area contributed by atoms with Crippen LogP contribution in [0.2, 0.25) is 0 Å². The van der Waals surface area contributed by atoms with E-state index in [-0.39, 0.29) is 11.4 Å². The van der Waals surface area contributed by atoms with E-state index < -0.39 is 10.0 Å². The van der Waals surface area contributed by atoms with Crippen LogP contribution in [0.4, 0.5) is 5.69 Å². The van der Waals surface area contributed by atoms with Gasteiger partial charge in [0.25, 0.3) is 0 Å². The predicted octanol–water partition coefficient (Wildman–Crippen LogP) is 8.39. The lowest BCUT2D eigenvalue weighted by Crippen LogP contribution is -2.23. The van der Waals surface area contributed by atoms with Gasteiger partial charge in [0.1, 0.15) is 0 Å². The number of hydrogen-bond donors (Lipinski definition) is 1. The van der Waals surface area contributed by atoms with Gasteiger partial charge in [-0.1, -0.05) is 140 Å². The second-order valence-electron chi connectivity index (χ2n) is 10.9. The van der Waals surface area contributed by atoms with Gasteiger partial charge in [0, 0.05) is 37.1 Å². The molecule has 0 amide bonds. The average Bonchev–Trinajstić information content (AvgIpc) is 3.07. The van der Waals surface area contributed by atoms with Crippen molar-refractivity contribution >= 4 is 37.6 Å². The fourth-order valence-corrected chi connectivity index (χ4v) is 6.90. The maximum atomic E-state index is 13.5. The molecule has 0 bridgehead atoms. The van der Waals surface area contributed by atoms with Gasteiger partial charge in [0.05, 0.1) is 4.90 Å². The minimum Gasteiger partial charge on any atom is -0.377 e. The summed E-state index contributed by atoms with van der Waals surface area (Å²) in [6.07, 6.45) is 0. The van der Waals surface area contributed by atoms with Gasteiger partial charge in [-0.25, -0.2) is 13.1 Å². The van der Waals surface area contributed by atoms with Gasteiger partial charge in [-0.2, -0.15) is 0 Å². The highest BCUT2D eigenvalue weighted by molar-refractivity contribution is 7.89. The molecule has 0 aromatic heterocycles. The summed E-state index contributed by atoms with van der Waals surface area (Å²) in [6, 6.07) is 50.6. The second-order valence-corrected chi connectivity index (χ2v) is 12.6. The topological polar surface area (TPSA) is 49.4 Å². The molecule has 218 valence electrons. The SMILES string of the molecule is CN(C)c1cccc2c(S(=O)(=O)NCc3ccc(C(=C(c4ccccc4)c4ccccc4)c4ccccc4)cc3)cccc12. The van der Waals surface area contributed by atoms with E-state index in [1.165, 1.54) is 0 Å². The Balaban J connectivity index is 1.36.